The topological polar surface area (TPSA) is 65.1 Å². The van der Waals surface area contributed by atoms with Gasteiger partial charge in [0.1, 0.15) is 12.4 Å². The minimum Gasteiger partial charge on any atom is -0.476 e. The molecule has 176 valence electrons. The Labute approximate surface area is 197 Å². The summed E-state index contributed by atoms with van der Waals surface area (Å²) < 4.78 is 17.0. The molecule has 0 amide bonds. The molecule has 0 saturated carbocycles. The van der Waals surface area contributed by atoms with Gasteiger partial charge in [0.05, 0.1) is 0 Å². The molecule has 6 heteroatoms. The van der Waals surface area contributed by atoms with Gasteiger partial charge in [0, 0.05) is 13.8 Å². The van der Waals surface area contributed by atoms with Crippen LogP contribution in [0.25, 0.3) is 0 Å². The van der Waals surface area contributed by atoms with Gasteiger partial charge < -0.3 is 14.2 Å². The van der Waals surface area contributed by atoms with Gasteiger partial charge in [0.15, 0.2) is 14.2 Å². The van der Waals surface area contributed by atoms with Gasteiger partial charge in [0.2, 0.25) is 5.60 Å². The Hall–Kier alpha value is -2.86. The van der Waals surface area contributed by atoms with Crippen LogP contribution in [0.1, 0.15) is 48.5 Å². The number of epoxide rings is 1. The predicted octanol–water partition coefficient (Wildman–Crippen LogP) is 4.15. The molecule has 1 aliphatic heterocycles. The third kappa shape index (κ3) is 4.62. The minimum atomic E-state index is -2.57. The Balaban J connectivity index is 2.21. The number of allylic oxidation sites excluding steroid dienone is 1. The van der Waals surface area contributed by atoms with Crippen molar-refractivity contribution in [1.82, 2.24) is 0 Å². The Bertz CT molecular complexity index is 1000. The summed E-state index contributed by atoms with van der Waals surface area (Å²) in [5, 5.41) is 3.66. The van der Waals surface area contributed by atoms with Crippen LogP contribution in [-0.4, -0.2) is 38.3 Å². The monoisotopic (exact) mass is 466 g/mol. The Kier molecular flexibility index (Phi) is 6.89. The Morgan fingerprint density at radius 1 is 0.909 bits per heavy atom. The smallest absolute Gasteiger partial charge is 0.303 e. The van der Waals surface area contributed by atoms with Gasteiger partial charge in [-0.1, -0.05) is 81.4 Å². The van der Waals surface area contributed by atoms with E-state index >= 15 is 0 Å². The van der Waals surface area contributed by atoms with Crippen LogP contribution in [0, 0.1) is 0 Å². The normalized spacial score (nSPS) is 20.3. The lowest BCUT2D eigenvalue weighted by atomic mass is 10.0. The lowest BCUT2D eigenvalue weighted by Crippen LogP contribution is -2.65. The van der Waals surface area contributed by atoms with Gasteiger partial charge in [-0.25, -0.2) is 0 Å². The van der Waals surface area contributed by atoms with Crippen molar-refractivity contribution in [3.05, 3.63) is 71.6 Å². The molecule has 1 saturated heterocycles. The highest BCUT2D eigenvalue weighted by molar-refractivity contribution is 7.09. The van der Waals surface area contributed by atoms with Crippen LogP contribution in [-0.2, 0) is 23.8 Å². The first-order valence-electron chi connectivity index (χ1n) is 11.3. The first-order valence-corrected chi connectivity index (χ1v) is 13.3. The average molecular weight is 467 g/mol. The van der Waals surface area contributed by atoms with Gasteiger partial charge in [-0.05, 0) is 34.5 Å². The van der Waals surface area contributed by atoms with Crippen LogP contribution in [0.15, 0.2) is 71.6 Å². The maximum absolute atomic E-state index is 11.8. The van der Waals surface area contributed by atoms with E-state index in [-0.39, 0.29) is 11.6 Å². The zero-order valence-electron chi connectivity index (χ0n) is 20.6. The van der Waals surface area contributed by atoms with E-state index < -0.39 is 31.7 Å². The summed E-state index contributed by atoms with van der Waals surface area (Å²) in [6.45, 7) is 13.5. The predicted molar refractivity (Wildman–Crippen MR) is 132 cm³/mol. The molecule has 1 fully saturated rings. The maximum atomic E-state index is 11.8. The van der Waals surface area contributed by atoms with E-state index in [1.807, 2.05) is 19.1 Å². The van der Waals surface area contributed by atoms with Gasteiger partial charge in [0.25, 0.3) is 0 Å². The molecular formula is C27H34O5Si. The molecular weight excluding hydrogens is 432 g/mol. The van der Waals surface area contributed by atoms with E-state index in [1.165, 1.54) is 29.4 Å². The zero-order chi connectivity index (χ0) is 24.4. The molecule has 0 unspecified atom stereocenters. The Morgan fingerprint density at radius 2 is 1.39 bits per heavy atom. The molecule has 3 rings (SSSR count). The van der Waals surface area contributed by atoms with Crippen LogP contribution in [0.4, 0.5) is 0 Å². The number of ether oxygens (including phenoxy) is 3. The number of carbonyl (C=O) groups is 2. The zero-order valence-corrected chi connectivity index (χ0v) is 21.6. The quantitative estimate of drug-likeness (QED) is 0.348. The highest BCUT2D eigenvalue weighted by Gasteiger charge is 2.62. The average Bonchev–Trinajstić information content (AvgIpc) is 3.44. The van der Waals surface area contributed by atoms with Crippen molar-refractivity contribution in [2.75, 3.05) is 6.61 Å². The van der Waals surface area contributed by atoms with Gasteiger partial charge in [-0.3, -0.25) is 9.59 Å². The summed E-state index contributed by atoms with van der Waals surface area (Å²) in [6, 6.07) is 21.2. The van der Waals surface area contributed by atoms with E-state index in [1.54, 1.807) is 0 Å². The summed E-state index contributed by atoms with van der Waals surface area (Å²) in [6.07, 6.45) is -0.720. The lowest BCUT2D eigenvalue weighted by molar-refractivity contribution is -0.160. The highest BCUT2D eigenvalue weighted by atomic mass is 28.3. The fourth-order valence-corrected chi connectivity index (χ4v) is 11.2. The van der Waals surface area contributed by atoms with E-state index in [4.69, 9.17) is 14.2 Å². The minimum absolute atomic E-state index is 0.0526. The molecule has 2 atom stereocenters. The SMILES string of the molecule is CC(=O)OC[C@@H](OC(C)=O)[C@]1(C)O/C1=C(\C)[Si](c1ccccc1)(c1ccccc1)C(C)(C)C. The Morgan fingerprint density at radius 3 is 1.79 bits per heavy atom. The van der Waals surface area contributed by atoms with Crippen LogP contribution < -0.4 is 10.4 Å². The molecule has 0 aromatic heterocycles. The van der Waals surface area contributed by atoms with Crippen molar-refractivity contribution < 1.29 is 23.8 Å². The highest BCUT2D eigenvalue weighted by Crippen LogP contribution is 2.52. The summed E-state index contributed by atoms with van der Waals surface area (Å²) in [4.78, 5) is 23.3. The fourth-order valence-electron chi connectivity index (χ4n) is 5.12. The number of esters is 2. The summed E-state index contributed by atoms with van der Waals surface area (Å²) in [5.41, 5.74) is -0.849. The van der Waals surface area contributed by atoms with E-state index in [0.717, 1.165) is 5.76 Å². The molecule has 2 aromatic carbocycles. The summed E-state index contributed by atoms with van der Waals surface area (Å²) >= 11 is 0. The standard InChI is InChI=1S/C27H34O5Si/c1-19(25-27(7,32-25)24(31-21(3)29)18-30-20(2)28)33(26(4,5)6,22-14-10-8-11-15-22)23-16-12-9-13-17-23/h8-17,24H,18H2,1-7H3/b25-19+/t24-,27+/m1/s1. The number of benzene rings is 2. The van der Waals surface area contributed by atoms with Crippen LogP contribution >= 0.6 is 0 Å². The summed E-state index contributed by atoms with van der Waals surface area (Å²) in [7, 11) is -2.57. The van der Waals surface area contributed by atoms with E-state index in [0.29, 0.717) is 0 Å². The molecule has 0 radical (unpaired) electrons. The molecule has 0 bridgehead atoms. The van der Waals surface area contributed by atoms with Crippen LogP contribution in [0.5, 0.6) is 0 Å². The van der Waals surface area contributed by atoms with E-state index in [2.05, 4.69) is 76.2 Å². The first-order chi connectivity index (χ1) is 15.4. The molecule has 2 aromatic rings. The fraction of sp³-hybridized carbons (Fsp3) is 0.407. The first kappa shape index (κ1) is 24.8. The molecule has 1 heterocycles. The third-order valence-corrected chi connectivity index (χ3v) is 12.5. The maximum Gasteiger partial charge on any atom is 0.303 e. The third-order valence-electron chi connectivity index (χ3n) is 6.53. The molecule has 33 heavy (non-hydrogen) atoms. The molecule has 0 N–H and O–H groups in total. The van der Waals surface area contributed by atoms with Gasteiger partial charge in [-0.15, -0.1) is 0 Å². The number of carbonyl (C=O) groups excluding carboxylic acids is 2. The van der Waals surface area contributed by atoms with E-state index in [9.17, 15) is 9.59 Å². The molecule has 1 aliphatic rings. The van der Waals surface area contributed by atoms with Crippen molar-refractivity contribution in [1.29, 1.82) is 0 Å². The lowest BCUT2D eigenvalue weighted by Gasteiger charge is -2.44. The number of rotatable bonds is 7. The second-order valence-electron chi connectivity index (χ2n) is 9.80. The second-order valence-corrected chi connectivity index (χ2v) is 14.7. The van der Waals surface area contributed by atoms with Crippen molar-refractivity contribution >= 4 is 30.4 Å². The van der Waals surface area contributed by atoms with Crippen LogP contribution in [0.3, 0.4) is 0 Å². The largest absolute Gasteiger partial charge is 0.476 e. The molecule has 5 nitrogen and oxygen atoms in total. The molecule has 0 aliphatic carbocycles. The number of hydrogen-bond donors (Lipinski definition) is 0. The number of hydrogen-bond acceptors (Lipinski definition) is 5. The molecule has 0 spiro atoms. The van der Waals surface area contributed by atoms with Gasteiger partial charge >= 0.3 is 11.9 Å². The van der Waals surface area contributed by atoms with Crippen molar-refractivity contribution in [3.8, 4) is 0 Å². The summed E-state index contributed by atoms with van der Waals surface area (Å²) in [5.74, 6) is -0.0489. The van der Waals surface area contributed by atoms with Crippen molar-refractivity contribution in [2.45, 2.75) is 65.2 Å². The second kappa shape index (κ2) is 9.18. The van der Waals surface area contributed by atoms with Crippen molar-refractivity contribution in [3.63, 3.8) is 0 Å². The van der Waals surface area contributed by atoms with Crippen molar-refractivity contribution in [2.24, 2.45) is 0 Å². The van der Waals surface area contributed by atoms with Gasteiger partial charge in [-0.2, -0.15) is 0 Å². The van der Waals surface area contributed by atoms with Crippen LogP contribution in [0.2, 0.25) is 5.04 Å².